The molecule has 136 valence electrons. The molecule has 2 aromatic carbocycles. The third-order valence-electron chi connectivity index (χ3n) is 4.66. The molecule has 0 fully saturated rings. The molecule has 0 aliphatic carbocycles. The second kappa shape index (κ2) is 15.3. The Kier molecular flexibility index (Phi) is 13.7. The Morgan fingerprint density at radius 3 is 2.00 bits per heavy atom. The maximum Gasteiger partial charge on any atom is 1.00 e. The molecule has 2 heteroatoms. The van der Waals surface area contributed by atoms with Gasteiger partial charge in [-0.3, -0.25) is 0 Å². The number of hydrogen-bond acceptors (Lipinski definition) is 1. The zero-order valence-electron chi connectivity index (χ0n) is 16.8. The van der Waals surface area contributed by atoms with E-state index < -0.39 is 0 Å². The third kappa shape index (κ3) is 9.80. The molecule has 2 rings (SSSR count). The molecule has 0 spiro atoms. The molecule has 1 nitrogen and oxygen atoms in total. The Balaban J connectivity index is 0.00000338. The van der Waals surface area contributed by atoms with Gasteiger partial charge in [0, 0.05) is 5.75 Å². The molecule has 0 radical (unpaired) electrons. The molecule has 0 unspecified atom stereocenters. The third-order valence-corrected chi connectivity index (χ3v) is 4.66. The van der Waals surface area contributed by atoms with E-state index in [4.69, 9.17) is 4.74 Å². The Morgan fingerprint density at radius 1 is 0.731 bits per heavy atom. The summed E-state index contributed by atoms with van der Waals surface area (Å²) in [4.78, 5) is 0. The second-order valence-corrected chi connectivity index (χ2v) is 6.87. The number of para-hydroxylation sites is 2. The molecule has 2 aromatic rings. The molecular formula is C24H33NaO. The van der Waals surface area contributed by atoms with Crippen LogP contribution in [0.3, 0.4) is 0 Å². The van der Waals surface area contributed by atoms with E-state index in [0.29, 0.717) is 0 Å². The van der Waals surface area contributed by atoms with Gasteiger partial charge in [-0.05, 0) is 12.1 Å². The van der Waals surface area contributed by atoms with Crippen molar-refractivity contribution < 1.29 is 34.3 Å². The van der Waals surface area contributed by atoms with Crippen molar-refractivity contribution >= 4 is 0 Å². The summed E-state index contributed by atoms with van der Waals surface area (Å²) < 4.78 is 6.00. The first kappa shape index (κ1) is 23.3. The average molecular weight is 361 g/mol. The molecular weight excluding hydrogens is 327 g/mol. The fraction of sp³-hybridized carbons (Fsp3) is 0.500. The standard InChI is InChI=1S/C24H33O.Na/c1-2-3-4-5-6-7-8-9-10-12-17-22-18-15-16-21-24(22)25-23-19-13-11-14-20-23;/h11,13-16,18-20H,2-10,12,17H2,1H3;/q-1;+1. The van der Waals surface area contributed by atoms with Gasteiger partial charge in [0.15, 0.2) is 0 Å². The summed E-state index contributed by atoms with van der Waals surface area (Å²) in [7, 11) is 0. The molecule has 0 aliphatic rings. The quantitative estimate of drug-likeness (QED) is 0.285. The molecule has 0 N–H and O–H groups in total. The van der Waals surface area contributed by atoms with Crippen molar-refractivity contribution in [3.63, 3.8) is 0 Å². The number of unbranched alkanes of at least 4 members (excludes halogenated alkanes) is 9. The van der Waals surface area contributed by atoms with Crippen LogP contribution in [0.15, 0.2) is 48.5 Å². The summed E-state index contributed by atoms with van der Waals surface area (Å²) in [6, 6.07) is 19.4. The van der Waals surface area contributed by atoms with Crippen LogP contribution in [0.25, 0.3) is 0 Å². The van der Waals surface area contributed by atoms with Crippen LogP contribution in [0.5, 0.6) is 11.5 Å². The van der Waals surface area contributed by atoms with Crippen LogP contribution in [-0.2, 0) is 6.42 Å². The van der Waals surface area contributed by atoms with Crippen LogP contribution in [0.1, 0.15) is 76.7 Å². The minimum absolute atomic E-state index is 0. The van der Waals surface area contributed by atoms with Crippen molar-refractivity contribution in [2.24, 2.45) is 0 Å². The first-order valence-corrected chi connectivity index (χ1v) is 10.1. The number of aryl methyl sites for hydroxylation is 1. The van der Waals surface area contributed by atoms with Crippen LogP contribution in [-0.4, -0.2) is 0 Å². The van der Waals surface area contributed by atoms with Crippen LogP contribution in [0, 0.1) is 6.07 Å². The van der Waals surface area contributed by atoms with E-state index >= 15 is 0 Å². The molecule has 0 heterocycles. The average Bonchev–Trinajstić information content (AvgIpc) is 2.65. The summed E-state index contributed by atoms with van der Waals surface area (Å²) in [5, 5.41) is 0. The van der Waals surface area contributed by atoms with Crippen molar-refractivity contribution in [3.05, 3.63) is 60.2 Å². The van der Waals surface area contributed by atoms with Gasteiger partial charge in [-0.15, -0.1) is 11.6 Å². The maximum absolute atomic E-state index is 6.00. The molecule has 0 aromatic heterocycles. The number of ether oxygens (including phenoxy) is 1. The van der Waals surface area contributed by atoms with Crippen LogP contribution in [0.4, 0.5) is 0 Å². The molecule has 0 amide bonds. The normalized spacial score (nSPS) is 10.3. The summed E-state index contributed by atoms with van der Waals surface area (Å²) >= 11 is 0. The number of hydrogen-bond donors (Lipinski definition) is 0. The molecule has 0 aliphatic heterocycles. The SMILES string of the molecule is CCCCCCCCCCCCc1ccc[c-]c1Oc1ccccc1.[Na+]. The van der Waals surface area contributed by atoms with E-state index in [1.807, 2.05) is 36.4 Å². The van der Waals surface area contributed by atoms with Crippen molar-refractivity contribution in [2.75, 3.05) is 0 Å². The van der Waals surface area contributed by atoms with Gasteiger partial charge in [0.25, 0.3) is 0 Å². The van der Waals surface area contributed by atoms with E-state index in [0.717, 1.165) is 17.9 Å². The summed E-state index contributed by atoms with van der Waals surface area (Å²) in [6.07, 6.45) is 14.8. The van der Waals surface area contributed by atoms with Crippen LogP contribution in [0.2, 0.25) is 0 Å². The fourth-order valence-electron chi connectivity index (χ4n) is 3.16. The Hall–Kier alpha value is -0.760. The van der Waals surface area contributed by atoms with E-state index in [1.54, 1.807) is 0 Å². The van der Waals surface area contributed by atoms with E-state index in [9.17, 15) is 0 Å². The van der Waals surface area contributed by atoms with Gasteiger partial charge >= 0.3 is 29.6 Å². The first-order valence-electron chi connectivity index (χ1n) is 10.1. The number of rotatable bonds is 13. The zero-order valence-corrected chi connectivity index (χ0v) is 18.8. The predicted molar refractivity (Wildman–Crippen MR) is 107 cm³/mol. The topological polar surface area (TPSA) is 9.23 Å². The van der Waals surface area contributed by atoms with Gasteiger partial charge in [0.05, 0.1) is 0 Å². The molecule has 26 heavy (non-hydrogen) atoms. The van der Waals surface area contributed by atoms with E-state index in [-0.39, 0.29) is 29.6 Å². The predicted octanol–water partition coefficient (Wildman–Crippen LogP) is 4.75. The van der Waals surface area contributed by atoms with Crippen molar-refractivity contribution in [3.8, 4) is 11.5 Å². The summed E-state index contributed by atoms with van der Waals surface area (Å²) in [5.41, 5.74) is 1.27. The van der Waals surface area contributed by atoms with E-state index in [1.165, 1.54) is 69.8 Å². The molecule has 0 atom stereocenters. The van der Waals surface area contributed by atoms with Gasteiger partial charge in [0.1, 0.15) is 5.75 Å². The van der Waals surface area contributed by atoms with Crippen molar-refractivity contribution in [2.45, 2.75) is 77.6 Å². The molecule has 0 saturated carbocycles. The summed E-state index contributed by atoms with van der Waals surface area (Å²) in [5.74, 6) is 1.76. The van der Waals surface area contributed by atoms with Gasteiger partial charge in [-0.2, -0.15) is 18.2 Å². The summed E-state index contributed by atoms with van der Waals surface area (Å²) in [6.45, 7) is 2.28. The second-order valence-electron chi connectivity index (χ2n) is 6.87. The Labute approximate surface area is 182 Å². The molecule has 0 bridgehead atoms. The van der Waals surface area contributed by atoms with Gasteiger partial charge < -0.3 is 4.74 Å². The largest absolute Gasteiger partial charge is 1.00 e. The van der Waals surface area contributed by atoms with Crippen LogP contribution >= 0.6 is 0 Å². The Morgan fingerprint density at radius 2 is 1.35 bits per heavy atom. The van der Waals surface area contributed by atoms with Gasteiger partial charge in [-0.25, -0.2) is 0 Å². The monoisotopic (exact) mass is 360 g/mol. The van der Waals surface area contributed by atoms with Crippen molar-refractivity contribution in [1.82, 2.24) is 0 Å². The van der Waals surface area contributed by atoms with Gasteiger partial charge in [0.2, 0.25) is 0 Å². The van der Waals surface area contributed by atoms with Crippen molar-refractivity contribution in [1.29, 1.82) is 0 Å². The minimum Gasteiger partial charge on any atom is -0.483 e. The van der Waals surface area contributed by atoms with Gasteiger partial charge in [-0.1, -0.05) is 95.8 Å². The van der Waals surface area contributed by atoms with Crippen LogP contribution < -0.4 is 34.3 Å². The molecule has 0 saturated heterocycles. The smallest absolute Gasteiger partial charge is 0.483 e. The fourth-order valence-corrected chi connectivity index (χ4v) is 3.16. The van der Waals surface area contributed by atoms with E-state index in [2.05, 4.69) is 25.1 Å². The Bertz CT molecular complexity index is 567. The number of benzene rings is 2. The maximum atomic E-state index is 6.00. The first-order chi connectivity index (χ1) is 12.4. The minimum atomic E-state index is 0. The zero-order chi connectivity index (χ0) is 17.6.